The predicted octanol–water partition coefficient (Wildman–Crippen LogP) is 1.64. The Morgan fingerprint density at radius 2 is 1.72 bits per heavy atom. The molecule has 0 unspecified atom stereocenters. The Morgan fingerprint density at radius 3 is 2.34 bits per heavy atom. The Hall–Kier alpha value is -3.75. The number of phenols is 1. The summed E-state index contributed by atoms with van der Waals surface area (Å²) in [5, 5.41) is 29.6. The van der Waals surface area contributed by atoms with E-state index >= 15 is 0 Å². The third kappa shape index (κ3) is 4.08. The highest BCUT2D eigenvalue weighted by Gasteiger charge is 2.31. The van der Waals surface area contributed by atoms with E-state index in [4.69, 9.17) is 0 Å². The molecule has 0 aliphatic carbocycles. The highest BCUT2D eigenvalue weighted by Crippen LogP contribution is 2.21. The Labute approximate surface area is 165 Å². The van der Waals surface area contributed by atoms with E-state index in [0.29, 0.717) is 10.9 Å². The molecule has 0 spiro atoms. The summed E-state index contributed by atoms with van der Waals surface area (Å²) in [5.74, 6) is -2.34. The molecule has 1 heterocycles. The van der Waals surface area contributed by atoms with Crippen LogP contribution < -0.4 is 10.9 Å². The molecule has 0 aliphatic heterocycles. The molecule has 0 radical (unpaired) electrons. The van der Waals surface area contributed by atoms with E-state index in [0.717, 1.165) is 4.68 Å². The maximum atomic E-state index is 13.0. The number of phenolic OH excluding ortho intramolecular Hbond substituents is 1. The smallest absolute Gasteiger partial charge is 0.330 e. The molecule has 3 aromatic rings. The highest BCUT2D eigenvalue weighted by atomic mass is 16.4. The van der Waals surface area contributed by atoms with Crippen molar-refractivity contribution < 1.29 is 19.8 Å². The van der Waals surface area contributed by atoms with E-state index in [-0.39, 0.29) is 17.2 Å². The molecule has 0 saturated carbocycles. The van der Waals surface area contributed by atoms with Crippen molar-refractivity contribution >= 4 is 22.8 Å². The lowest BCUT2D eigenvalue weighted by atomic mass is 10.0. The summed E-state index contributed by atoms with van der Waals surface area (Å²) in [6.07, 6.45) is 0. The molecular weight excluding hydrogens is 376 g/mol. The van der Waals surface area contributed by atoms with Gasteiger partial charge in [-0.25, -0.2) is 4.79 Å². The molecule has 9 heteroatoms. The second kappa shape index (κ2) is 8.09. The SMILES string of the molecule is CC(C)[C@H](C(=O)N[C@@H](C(=O)O)c1ccc(O)cc1)n1nnc2ccccc2c1=O. The fourth-order valence-electron chi connectivity index (χ4n) is 3.06. The summed E-state index contributed by atoms with van der Waals surface area (Å²) in [6, 6.07) is 9.70. The summed E-state index contributed by atoms with van der Waals surface area (Å²) in [4.78, 5) is 37.5. The number of fused-ring (bicyclic) bond motifs is 1. The van der Waals surface area contributed by atoms with E-state index in [2.05, 4.69) is 15.6 Å². The maximum Gasteiger partial charge on any atom is 0.330 e. The second-order valence-corrected chi connectivity index (χ2v) is 6.92. The van der Waals surface area contributed by atoms with E-state index in [1.54, 1.807) is 38.1 Å². The van der Waals surface area contributed by atoms with Crippen molar-refractivity contribution in [3.8, 4) is 5.75 Å². The Bertz CT molecular complexity index is 1110. The summed E-state index contributed by atoms with van der Waals surface area (Å²) in [5.41, 5.74) is 0.202. The van der Waals surface area contributed by atoms with Gasteiger partial charge in [-0.1, -0.05) is 43.3 Å². The Kier molecular flexibility index (Phi) is 5.58. The number of aromatic hydroxyl groups is 1. The first-order valence-electron chi connectivity index (χ1n) is 8.96. The van der Waals surface area contributed by atoms with Gasteiger partial charge in [-0.2, -0.15) is 4.68 Å². The lowest BCUT2D eigenvalue weighted by molar-refractivity contribution is -0.143. The number of carboxylic acids is 1. The Balaban J connectivity index is 1.98. The van der Waals surface area contributed by atoms with Crippen molar-refractivity contribution in [2.45, 2.75) is 25.9 Å². The highest BCUT2D eigenvalue weighted by molar-refractivity contribution is 5.87. The second-order valence-electron chi connectivity index (χ2n) is 6.92. The minimum absolute atomic E-state index is 0.0257. The number of carbonyl (C=O) groups excluding carboxylic acids is 1. The van der Waals surface area contributed by atoms with Crippen LogP contribution in [0.1, 0.15) is 31.5 Å². The molecule has 2 atom stereocenters. The Morgan fingerprint density at radius 1 is 1.07 bits per heavy atom. The maximum absolute atomic E-state index is 13.0. The molecule has 1 amide bonds. The molecule has 150 valence electrons. The number of rotatable bonds is 6. The third-order valence-corrected chi connectivity index (χ3v) is 4.51. The van der Waals surface area contributed by atoms with Crippen LogP contribution in [0.15, 0.2) is 53.3 Å². The van der Waals surface area contributed by atoms with Gasteiger partial charge in [-0.15, -0.1) is 5.10 Å². The van der Waals surface area contributed by atoms with Crippen LogP contribution in [0, 0.1) is 5.92 Å². The minimum atomic E-state index is -1.35. The number of carbonyl (C=O) groups is 2. The van der Waals surface area contributed by atoms with E-state index in [1.165, 1.54) is 24.3 Å². The quantitative estimate of drug-likeness (QED) is 0.576. The fourth-order valence-corrected chi connectivity index (χ4v) is 3.06. The standard InChI is InChI=1S/C20H20N4O5/c1-11(2)17(24-19(27)14-5-3-4-6-15(14)22-23-24)18(26)21-16(20(28)29)12-7-9-13(25)10-8-12/h3-11,16-17,25H,1-2H3,(H,21,26)(H,28,29)/t16-,17-/m1/s1. The first-order chi connectivity index (χ1) is 13.8. The van der Waals surface area contributed by atoms with Crippen molar-refractivity contribution in [1.29, 1.82) is 0 Å². The van der Waals surface area contributed by atoms with E-state index in [9.17, 15) is 24.6 Å². The average molecular weight is 396 g/mol. The molecular formula is C20H20N4O5. The molecule has 9 nitrogen and oxygen atoms in total. The fraction of sp³-hybridized carbons (Fsp3) is 0.250. The van der Waals surface area contributed by atoms with Gasteiger partial charge in [0.1, 0.15) is 17.3 Å². The number of nitrogens with zero attached hydrogens (tertiary/aromatic N) is 3. The molecule has 3 rings (SSSR count). The molecule has 0 aliphatic rings. The van der Waals surface area contributed by atoms with Crippen LogP contribution in [0.5, 0.6) is 5.75 Å². The number of hydrogen-bond donors (Lipinski definition) is 3. The number of carboxylic acid groups (broad SMARTS) is 1. The van der Waals surface area contributed by atoms with Crippen LogP contribution in [0.4, 0.5) is 0 Å². The van der Waals surface area contributed by atoms with Crippen molar-refractivity contribution in [2.75, 3.05) is 0 Å². The number of aromatic nitrogens is 3. The molecule has 3 N–H and O–H groups in total. The summed E-state index contributed by atoms with van der Waals surface area (Å²) >= 11 is 0. The number of hydrogen-bond acceptors (Lipinski definition) is 6. The first-order valence-corrected chi connectivity index (χ1v) is 8.96. The van der Waals surface area contributed by atoms with Gasteiger partial charge in [0.15, 0.2) is 6.04 Å². The van der Waals surface area contributed by atoms with Gasteiger partial charge in [0.25, 0.3) is 5.56 Å². The normalized spacial score (nSPS) is 13.2. The van der Waals surface area contributed by atoms with Gasteiger partial charge in [0.2, 0.25) is 5.91 Å². The van der Waals surface area contributed by atoms with Gasteiger partial charge < -0.3 is 15.5 Å². The monoisotopic (exact) mass is 396 g/mol. The zero-order valence-electron chi connectivity index (χ0n) is 15.8. The number of benzene rings is 2. The lowest BCUT2D eigenvalue weighted by Gasteiger charge is -2.23. The molecule has 1 aromatic heterocycles. The number of aliphatic carboxylic acids is 1. The summed E-state index contributed by atoms with van der Waals surface area (Å²) in [7, 11) is 0. The zero-order chi connectivity index (χ0) is 21.1. The zero-order valence-corrected chi connectivity index (χ0v) is 15.8. The van der Waals surface area contributed by atoms with Crippen LogP contribution in [0.3, 0.4) is 0 Å². The van der Waals surface area contributed by atoms with Crippen molar-refractivity contribution in [2.24, 2.45) is 5.92 Å². The van der Waals surface area contributed by atoms with Gasteiger partial charge in [-0.3, -0.25) is 9.59 Å². The van der Waals surface area contributed by atoms with E-state index in [1.807, 2.05) is 0 Å². The number of amides is 1. The van der Waals surface area contributed by atoms with Crippen molar-refractivity contribution in [3.05, 3.63) is 64.4 Å². The van der Waals surface area contributed by atoms with Crippen LogP contribution in [-0.4, -0.2) is 37.1 Å². The first kappa shape index (κ1) is 20.0. The molecule has 0 fully saturated rings. The van der Waals surface area contributed by atoms with Crippen LogP contribution >= 0.6 is 0 Å². The largest absolute Gasteiger partial charge is 0.508 e. The van der Waals surface area contributed by atoms with Gasteiger partial charge in [0, 0.05) is 0 Å². The topological polar surface area (TPSA) is 134 Å². The van der Waals surface area contributed by atoms with Crippen LogP contribution in [0.2, 0.25) is 0 Å². The van der Waals surface area contributed by atoms with Crippen molar-refractivity contribution in [1.82, 2.24) is 20.3 Å². The van der Waals surface area contributed by atoms with Gasteiger partial charge in [-0.05, 0) is 35.7 Å². The predicted molar refractivity (Wildman–Crippen MR) is 104 cm³/mol. The van der Waals surface area contributed by atoms with Crippen LogP contribution in [-0.2, 0) is 9.59 Å². The summed E-state index contributed by atoms with van der Waals surface area (Å²) < 4.78 is 0.984. The molecule has 2 aromatic carbocycles. The number of nitrogens with one attached hydrogen (secondary N) is 1. The minimum Gasteiger partial charge on any atom is -0.508 e. The van der Waals surface area contributed by atoms with E-state index < -0.39 is 29.5 Å². The van der Waals surface area contributed by atoms with Crippen LogP contribution in [0.25, 0.3) is 10.9 Å². The molecule has 29 heavy (non-hydrogen) atoms. The lowest BCUT2D eigenvalue weighted by Crippen LogP contribution is -2.44. The molecule has 0 bridgehead atoms. The molecule has 0 saturated heterocycles. The summed E-state index contributed by atoms with van der Waals surface area (Å²) in [6.45, 7) is 3.45. The van der Waals surface area contributed by atoms with Crippen molar-refractivity contribution in [3.63, 3.8) is 0 Å². The van der Waals surface area contributed by atoms with Gasteiger partial charge >= 0.3 is 5.97 Å². The third-order valence-electron chi connectivity index (χ3n) is 4.51. The average Bonchev–Trinajstić information content (AvgIpc) is 2.68. The van der Waals surface area contributed by atoms with Gasteiger partial charge in [0.05, 0.1) is 5.39 Å².